The van der Waals surface area contributed by atoms with Crippen LogP contribution in [0.3, 0.4) is 0 Å². The van der Waals surface area contributed by atoms with Gasteiger partial charge in [0.1, 0.15) is 6.61 Å². The first kappa shape index (κ1) is 24.8. The van der Waals surface area contributed by atoms with E-state index < -0.39 is 5.60 Å². The number of esters is 1. The molecule has 0 unspecified atom stereocenters. The van der Waals surface area contributed by atoms with Gasteiger partial charge in [-0.1, -0.05) is 39.7 Å². The van der Waals surface area contributed by atoms with Crippen molar-refractivity contribution in [2.24, 2.45) is 34.0 Å². The van der Waals surface area contributed by atoms with E-state index in [9.17, 15) is 15.0 Å². The van der Waals surface area contributed by atoms with Crippen molar-refractivity contribution in [2.45, 2.75) is 112 Å². The van der Waals surface area contributed by atoms with Crippen LogP contribution in [0.1, 0.15) is 99.8 Å². The maximum Gasteiger partial charge on any atom is 0.302 e. The van der Waals surface area contributed by atoms with Crippen LogP contribution >= 0.6 is 0 Å². The Balaban J connectivity index is 1.86. The molecule has 0 radical (unpaired) electrons. The largest absolute Gasteiger partial charge is 0.462 e. The number of ether oxygens (including phenoxy) is 1. The van der Waals surface area contributed by atoms with Gasteiger partial charge in [-0.2, -0.15) is 0 Å². The molecule has 0 spiro atoms. The zero-order chi connectivity index (χ0) is 23.2. The van der Waals surface area contributed by atoms with E-state index in [0.717, 1.165) is 32.1 Å². The maximum absolute atomic E-state index is 11.5. The number of allylic oxidation sites excluding steroid dienone is 1. The Bertz CT molecular complexity index is 708. The summed E-state index contributed by atoms with van der Waals surface area (Å²) in [6, 6.07) is 0. The molecule has 3 saturated carbocycles. The second kappa shape index (κ2) is 8.48. The number of fused-ring (bicyclic) bond motifs is 3. The highest BCUT2D eigenvalue weighted by atomic mass is 16.5. The third-order valence-electron chi connectivity index (χ3n) is 9.75. The molecule has 3 aliphatic rings. The Labute approximate surface area is 189 Å². The average Bonchev–Trinajstić information content (AvgIpc) is 2.58. The number of rotatable bonds is 5. The molecule has 7 atom stereocenters. The molecule has 31 heavy (non-hydrogen) atoms. The fourth-order valence-electron chi connectivity index (χ4n) is 8.73. The van der Waals surface area contributed by atoms with E-state index in [2.05, 4.69) is 34.6 Å². The van der Waals surface area contributed by atoms with Crippen molar-refractivity contribution in [2.75, 3.05) is 6.61 Å². The highest BCUT2D eigenvalue weighted by molar-refractivity contribution is 5.66. The van der Waals surface area contributed by atoms with E-state index in [4.69, 9.17) is 4.74 Å². The number of hydrogen-bond acceptors (Lipinski definition) is 4. The number of aliphatic hydroxyl groups excluding tert-OH is 1. The highest BCUT2D eigenvalue weighted by Crippen LogP contribution is 2.70. The lowest BCUT2D eigenvalue weighted by molar-refractivity contribution is -0.243. The molecule has 0 bridgehead atoms. The van der Waals surface area contributed by atoms with E-state index in [1.807, 2.05) is 13.0 Å². The Hall–Kier alpha value is -0.870. The monoisotopic (exact) mass is 434 g/mol. The summed E-state index contributed by atoms with van der Waals surface area (Å²) in [6.45, 7) is 15.4. The quantitative estimate of drug-likeness (QED) is 0.433. The standard InChI is InChI=1S/C27H46O4/c1-18(12-16-31-19(2)28)9-10-22-26(6)17-20(29)23-24(3,4)13-8-14-25(23,5)21(26)11-15-27(22,7)30/h12,20-23,29-30H,8-11,13-17H2,1-7H3/b18-12-/t20-,21+,22-,23-,25+,26+,27-/m0/s1. The van der Waals surface area contributed by atoms with Crippen molar-refractivity contribution < 1.29 is 19.7 Å². The Morgan fingerprint density at radius 2 is 1.74 bits per heavy atom. The van der Waals surface area contributed by atoms with Gasteiger partial charge in [-0.3, -0.25) is 4.79 Å². The summed E-state index contributed by atoms with van der Waals surface area (Å²) in [4.78, 5) is 11.0. The van der Waals surface area contributed by atoms with Gasteiger partial charge in [0.15, 0.2) is 0 Å². The minimum Gasteiger partial charge on any atom is -0.462 e. The lowest BCUT2D eigenvalue weighted by Gasteiger charge is -2.68. The van der Waals surface area contributed by atoms with Crippen LogP contribution in [0.5, 0.6) is 0 Å². The van der Waals surface area contributed by atoms with E-state index in [0.29, 0.717) is 18.4 Å². The summed E-state index contributed by atoms with van der Waals surface area (Å²) in [6.07, 6.45) is 9.76. The molecule has 0 saturated heterocycles. The Kier molecular flexibility index (Phi) is 6.78. The van der Waals surface area contributed by atoms with Crippen molar-refractivity contribution in [3.8, 4) is 0 Å². The predicted molar refractivity (Wildman–Crippen MR) is 124 cm³/mol. The zero-order valence-corrected chi connectivity index (χ0v) is 21.0. The average molecular weight is 435 g/mol. The van der Waals surface area contributed by atoms with Crippen LogP contribution in [0, 0.1) is 34.0 Å². The summed E-state index contributed by atoms with van der Waals surface area (Å²) in [5.41, 5.74) is 0.703. The summed E-state index contributed by atoms with van der Waals surface area (Å²) < 4.78 is 5.06. The molecule has 4 heteroatoms. The third-order valence-corrected chi connectivity index (χ3v) is 9.75. The molecule has 0 aliphatic heterocycles. The van der Waals surface area contributed by atoms with Gasteiger partial charge in [0, 0.05) is 6.92 Å². The van der Waals surface area contributed by atoms with Gasteiger partial charge in [-0.05, 0) is 98.9 Å². The van der Waals surface area contributed by atoms with Gasteiger partial charge in [-0.15, -0.1) is 0 Å². The topological polar surface area (TPSA) is 66.8 Å². The van der Waals surface area contributed by atoms with Crippen LogP contribution in [0.25, 0.3) is 0 Å². The minimum absolute atomic E-state index is 0.0734. The molecule has 4 nitrogen and oxygen atoms in total. The summed E-state index contributed by atoms with van der Waals surface area (Å²) in [5, 5.41) is 23.0. The lowest BCUT2D eigenvalue weighted by Crippen LogP contribution is -2.66. The molecule has 0 amide bonds. The molecule has 2 N–H and O–H groups in total. The zero-order valence-electron chi connectivity index (χ0n) is 21.0. The summed E-state index contributed by atoms with van der Waals surface area (Å²) in [7, 11) is 0. The molecule has 3 rings (SSSR count). The second-order valence-corrected chi connectivity index (χ2v) is 12.5. The van der Waals surface area contributed by atoms with E-state index >= 15 is 0 Å². The lowest BCUT2D eigenvalue weighted by atomic mass is 9.37. The number of carbonyl (C=O) groups excluding carboxylic acids is 1. The van der Waals surface area contributed by atoms with E-state index in [-0.39, 0.29) is 34.2 Å². The van der Waals surface area contributed by atoms with Crippen molar-refractivity contribution in [3.05, 3.63) is 11.6 Å². The van der Waals surface area contributed by atoms with Crippen molar-refractivity contribution in [3.63, 3.8) is 0 Å². The van der Waals surface area contributed by atoms with Crippen LogP contribution in [0.2, 0.25) is 0 Å². The predicted octanol–water partition coefficient (Wildman–Crippen LogP) is 5.66. The van der Waals surface area contributed by atoms with Crippen LogP contribution in [-0.4, -0.2) is 34.5 Å². The minimum atomic E-state index is -0.714. The molecule has 178 valence electrons. The number of carbonyl (C=O) groups is 1. The van der Waals surface area contributed by atoms with Gasteiger partial charge >= 0.3 is 5.97 Å². The first-order valence-corrected chi connectivity index (χ1v) is 12.4. The fraction of sp³-hybridized carbons (Fsp3) is 0.889. The first-order chi connectivity index (χ1) is 14.2. The first-order valence-electron chi connectivity index (χ1n) is 12.4. The van der Waals surface area contributed by atoms with E-state index in [1.165, 1.54) is 31.8 Å². The van der Waals surface area contributed by atoms with Crippen LogP contribution in [0.15, 0.2) is 11.6 Å². The second-order valence-electron chi connectivity index (χ2n) is 12.5. The van der Waals surface area contributed by atoms with Crippen LogP contribution in [-0.2, 0) is 9.53 Å². The van der Waals surface area contributed by atoms with Crippen molar-refractivity contribution >= 4 is 5.97 Å². The number of aliphatic hydroxyl groups is 2. The Morgan fingerprint density at radius 1 is 1.06 bits per heavy atom. The summed E-state index contributed by atoms with van der Waals surface area (Å²) >= 11 is 0. The molecule has 3 fully saturated rings. The molecule has 0 heterocycles. The van der Waals surface area contributed by atoms with E-state index in [1.54, 1.807) is 0 Å². The van der Waals surface area contributed by atoms with Gasteiger partial charge in [0.25, 0.3) is 0 Å². The van der Waals surface area contributed by atoms with Gasteiger partial charge < -0.3 is 14.9 Å². The fourth-order valence-corrected chi connectivity index (χ4v) is 8.73. The number of hydrogen-bond donors (Lipinski definition) is 2. The van der Waals surface area contributed by atoms with Gasteiger partial charge in [-0.25, -0.2) is 0 Å². The van der Waals surface area contributed by atoms with Crippen molar-refractivity contribution in [1.82, 2.24) is 0 Å². The SMILES string of the molecule is CC(=O)OC/C=C(/C)CC[C@H]1[C@]2(C)C[C@H](O)[C@H]3C(C)(C)CCC[C@]3(C)[C@H]2CC[C@]1(C)O. The summed E-state index contributed by atoms with van der Waals surface area (Å²) in [5.74, 6) is 0.752. The third kappa shape index (κ3) is 4.49. The Morgan fingerprint density at radius 3 is 2.39 bits per heavy atom. The molecular formula is C27H46O4. The van der Waals surface area contributed by atoms with Crippen LogP contribution in [0.4, 0.5) is 0 Å². The molecule has 3 aliphatic carbocycles. The normalized spacial score (nSPS) is 44.9. The van der Waals surface area contributed by atoms with Crippen molar-refractivity contribution in [1.29, 1.82) is 0 Å². The molecular weight excluding hydrogens is 388 g/mol. The molecule has 0 aromatic rings. The van der Waals surface area contributed by atoms with Gasteiger partial charge in [0.05, 0.1) is 11.7 Å². The highest BCUT2D eigenvalue weighted by Gasteiger charge is 2.66. The maximum atomic E-state index is 11.5. The smallest absolute Gasteiger partial charge is 0.302 e. The molecule has 0 aromatic carbocycles. The van der Waals surface area contributed by atoms with Gasteiger partial charge in [0.2, 0.25) is 0 Å². The molecule has 0 aromatic heterocycles. The van der Waals surface area contributed by atoms with Crippen LogP contribution < -0.4 is 0 Å².